The minimum absolute atomic E-state index is 0. The van der Waals surface area contributed by atoms with Crippen LogP contribution in [0.15, 0.2) is 59.1 Å². The van der Waals surface area contributed by atoms with Crippen LogP contribution in [0.1, 0.15) is 0 Å². The van der Waals surface area contributed by atoms with Gasteiger partial charge < -0.3 is 0 Å². The molecule has 2 heteroatoms. The SMILES string of the molecule is Br[c-]1cccc1.[Co+2].c1cc[cH-]c1. The van der Waals surface area contributed by atoms with Gasteiger partial charge in [0.25, 0.3) is 0 Å². The Labute approximate surface area is 91.7 Å². The van der Waals surface area contributed by atoms with Gasteiger partial charge in [-0.1, -0.05) is 4.47 Å². The van der Waals surface area contributed by atoms with Crippen LogP contribution in [0.3, 0.4) is 0 Å². The van der Waals surface area contributed by atoms with Crippen molar-refractivity contribution in [1.29, 1.82) is 0 Å². The molecule has 2 aromatic rings. The Morgan fingerprint density at radius 1 is 0.917 bits per heavy atom. The van der Waals surface area contributed by atoms with E-state index in [1.807, 2.05) is 54.6 Å². The van der Waals surface area contributed by atoms with E-state index >= 15 is 0 Å². The van der Waals surface area contributed by atoms with Gasteiger partial charge in [0, 0.05) is 0 Å². The Bertz CT molecular complexity index is 228. The molecule has 0 N–H and O–H groups in total. The molecule has 0 aliphatic heterocycles. The fourth-order valence-electron chi connectivity index (χ4n) is 0.671. The maximum atomic E-state index is 3.28. The van der Waals surface area contributed by atoms with Crippen LogP contribution >= 0.6 is 15.9 Å². The summed E-state index contributed by atoms with van der Waals surface area (Å²) in [7, 11) is 0. The molecular formula is C10H9BrCo. The van der Waals surface area contributed by atoms with Crippen LogP contribution in [0.2, 0.25) is 0 Å². The molecule has 0 saturated carbocycles. The second-order valence-corrected chi connectivity index (χ2v) is 2.98. The van der Waals surface area contributed by atoms with Gasteiger partial charge in [-0.3, -0.25) is 0 Å². The zero-order valence-electron chi connectivity index (χ0n) is 6.41. The summed E-state index contributed by atoms with van der Waals surface area (Å²) in [6.45, 7) is 0. The molecule has 12 heavy (non-hydrogen) atoms. The summed E-state index contributed by atoms with van der Waals surface area (Å²) >= 11 is 3.28. The van der Waals surface area contributed by atoms with Crippen molar-refractivity contribution < 1.29 is 16.8 Å². The minimum Gasteiger partial charge on any atom is -0.214 e. The van der Waals surface area contributed by atoms with Crippen LogP contribution in [0, 0.1) is 0 Å². The first-order valence-electron chi connectivity index (χ1n) is 3.43. The maximum absolute atomic E-state index is 3.28. The van der Waals surface area contributed by atoms with Crippen molar-refractivity contribution in [2.45, 2.75) is 0 Å². The molecule has 65 valence electrons. The molecule has 2 rings (SSSR count). The standard InChI is InChI=1S/C5H4Br.C5H5.Co/c6-5-3-1-2-4-5;1-2-4-5-3-1;/h1-4H;1-5H;/q2*-1;+2. The summed E-state index contributed by atoms with van der Waals surface area (Å²) in [6, 6.07) is 18.0. The zero-order valence-corrected chi connectivity index (χ0v) is 9.03. The molecule has 0 nitrogen and oxygen atoms in total. The third kappa shape index (κ3) is 5.35. The Balaban J connectivity index is 0.000000189. The van der Waals surface area contributed by atoms with E-state index in [4.69, 9.17) is 0 Å². The zero-order chi connectivity index (χ0) is 7.94. The summed E-state index contributed by atoms with van der Waals surface area (Å²) in [6.07, 6.45) is 0. The van der Waals surface area contributed by atoms with Crippen molar-refractivity contribution in [1.82, 2.24) is 0 Å². The van der Waals surface area contributed by atoms with Gasteiger partial charge in [0.1, 0.15) is 0 Å². The monoisotopic (exact) mass is 267 g/mol. The van der Waals surface area contributed by atoms with Crippen molar-refractivity contribution in [3.8, 4) is 0 Å². The molecule has 0 amide bonds. The predicted octanol–water partition coefficient (Wildman–Crippen LogP) is 3.57. The molecule has 0 aromatic heterocycles. The second-order valence-electron chi connectivity index (χ2n) is 2.07. The van der Waals surface area contributed by atoms with E-state index in [1.54, 1.807) is 0 Å². The molecule has 0 aliphatic rings. The average molecular weight is 268 g/mol. The molecule has 0 heterocycles. The molecule has 0 saturated heterocycles. The third-order valence-electron chi connectivity index (χ3n) is 1.18. The summed E-state index contributed by atoms with van der Waals surface area (Å²) in [5.74, 6) is 0. The Kier molecular flexibility index (Phi) is 7.15. The van der Waals surface area contributed by atoms with Crippen LogP contribution in [0.25, 0.3) is 0 Å². The predicted molar refractivity (Wildman–Crippen MR) is 51.8 cm³/mol. The third-order valence-corrected chi connectivity index (χ3v) is 1.71. The van der Waals surface area contributed by atoms with Gasteiger partial charge in [-0.2, -0.15) is 30.3 Å². The Morgan fingerprint density at radius 2 is 1.42 bits per heavy atom. The van der Waals surface area contributed by atoms with E-state index in [9.17, 15) is 0 Å². The van der Waals surface area contributed by atoms with Crippen molar-refractivity contribution >= 4 is 15.9 Å². The fourth-order valence-corrected chi connectivity index (χ4v) is 0.976. The summed E-state index contributed by atoms with van der Waals surface area (Å²) in [5, 5.41) is 0. The average Bonchev–Trinajstić information content (AvgIpc) is 2.57. The van der Waals surface area contributed by atoms with Crippen LogP contribution in [-0.2, 0) is 16.8 Å². The first-order chi connectivity index (χ1) is 5.39. The van der Waals surface area contributed by atoms with E-state index in [0.717, 1.165) is 4.47 Å². The van der Waals surface area contributed by atoms with Gasteiger partial charge in [0.15, 0.2) is 0 Å². The van der Waals surface area contributed by atoms with Crippen LogP contribution in [-0.4, -0.2) is 0 Å². The topological polar surface area (TPSA) is 0 Å². The molecule has 0 fully saturated rings. The van der Waals surface area contributed by atoms with Crippen molar-refractivity contribution in [3.63, 3.8) is 0 Å². The first-order valence-corrected chi connectivity index (χ1v) is 4.23. The van der Waals surface area contributed by atoms with Crippen LogP contribution in [0.5, 0.6) is 0 Å². The van der Waals surface area contributed by atoms with E-state index in [1.165, 1.54) is 0 Å². The number of rotatable bonds is 0. The van der Waals surface area contributed by atoms with Crippen molar-refractivity contribution in [2.24, 2.45) is 0 Å². The van der Waals surface area contributed by atoms with Gasteiger partial charge in [0.05, 0.1) is 0 Å². The van der Waals surface area contributed by atoms with Crippen LogP contribution < -0.4 is 0 Å². The summed E-state index contributed by atoms with van der Waals surface area (Å²) < 4.78 is 1.16. The van der Waals surface area contributed by atoms with Crippen molar-refractivity contribution in [3.05, 3.63) is 59.1 Å². The van der Waals surface area contributed by atoms with Crippen LogP contribution in [0.4, 0.5) is 0 Å². The van der Waals surface area contributed by atoms with E-state index in [-0.39, 0.29) is 16.8 Å². The molecule has 0 atom stereocenters. The second kappa shape index (κ2) is 7.34. The summed E-state index contributed by atoms with van der Waals surface area (Å²) in [4.78, 5) is 0. The van der Waals surface area contributed by atoms with E-state index in [2.05, 4.69) is 15.9 Å². The van der Waals surface area contributed by atoms with E-state index in [0.29, 0.717) is 0 Å². The Morgan fingerprint density at radius 3 is 1.58 bits per heavy atom. The van der Waals surface area contributed by atoms with Gasteiger partial charge in [-0.15, -0.1) is 15.9 Å². The van der Waals surface area contributed by atoms with E-state index < -0.39 is 0 Å². The summed E-state index contributed by atoms with van der Waals surface area (Å²) in [5.41, 5.74) is 0. The van der Waals surface area contributed by atoms with Crippen molar-refractivity contribution in [2.75, 3.05) is 0 Å². The van der Waals surface area contributed by atoms with Gasteiger partial charge >= 0.3 is 16.8 Å². The van der Waals surface area contributed by atoms with Gasteiger partial charge in [-0.25, -0.2) is 24.3 Å². The number of halogens is 1. The largest absolute Gasteiger partial charge is 2.00 e. The first kappa shape index (κ1) is 11.7. The molecule has 0 bridgehead atoms. The Hall–Kier alpha value is -0.314. The molecule has 0 unspecified atom stereocenters. The quantitative estimate of drug-likeness (QED) is 0.641. The van der Waals surface area contributed by atoms with Gasteiger partial charge in [-0.05, 0) is 0 Å². The molecular weight excluding hydrogens is 259 g/mol. The molecule has 2 aromatic carbocycles. The maximum Gasteiger partial charge on any atom is 2.00 e. The minimum atomic E-state index is 0. The molecule has 0 spiro atoms. The molecule has 1 radical (unpaired) electrons. The normalized spacial score (nSPS) is 7.75. The number of hydrogen-bond donors (Lipinski definition) is 0. The fraction of sp³-hybridized carbons (Fsp3) is 0. The smallest absolute Gasteiger partial charge is 0.214 e. The molecule has 0 aliphatic carbocycles. The van der Waals surface area contributed by atoms with Gasteiger partial charge in [0.2, 0.25) is 0 Å². The number of hydrogen-bond acceptors (Lipinski definition) is 0.